The molecule has 2 heterocycles. The lowest BCUT2D eigenvalue weighted by Gasteiger charge is -2.04. The Kier molecular flexibility index (Phi) is 3.52. The Balaban J connectivity index is 1.95. The number of ether oxygens (including phenoxy) is 1. The van der Waals surface area contributed by atoms with Crippen LogP contribution in [0.2, 0.25) is 0 Å². The van der Waals surface area contributed by atoms with Gasteiger partial charge in [-0.3, -0.25) is 0 Å². The van der Waals surface area contributed by atoms with Crippen LogP contribution in [-0.4, -0.2) is 16.0 Å². The van der Waals surface area contributed by atoms with Gasteiger partial charge in [0.15, 0.2) is 5.65 Å². The van der Waals surface area contributed by atoms with Gasteiger partial charge >= 0.3 is 0 Å². The molecule has 2 aromatic heterocycles. The summed E-state index contributed by atoms with van der Waals surface area (Å²) in [4.78, 5) is 4.63. The molecule has 0 spiro atoms. The first-order valence-corrected chi connectivity index (χ1v) is 7.16. The summed E-state index contributed by atoms with van der Waals surface area (Å²) in [6.07, 6.45) is 4.98. The molecule has 4 nitrogen and oxygen atoms in total. The minimum absolute atomic E-state index is 0.728. The van der Waals surface area contributed by atoms with E-state index in [2.05, 4.69) is 11.9 Å². The van der Waals surface area contributed by atoms with Crippen LogP contribution in [0.5, 0.6) is 5.75 Å². The van der Waals surface area contributed by atoms with Crippen molar-refractivity contribution in [3.8, 4) is 17.0 Å². The number of nitrogen functional groups attached to an aromatic ring is 1. The van der Waals surface area contributed by atoms with Crippen LogP contribution in [-0.2, 0) is 0 Å². The molecule has 0 aliphatic rings. The van der Waals surface area contributed by atoms with E-state index in [0.717, 1.165) is 46.9 Å². The fourth-order valence-corrected chi connectivity index (χ4v) is 2.25. The Hall–Kier alpha value is -2.49. The zero-order valence-corrected chi connectivity index (χ0v) is 12.3. The molecule has 0 unspecified atom stereocenters. The molecule has 0 fully saturated rings. The van der Waals surface area contributed by atoms with Crippen LogP contribution in [0.4, 0.5) is 5.69 Å². The van der Waals surface area contributed by atoms with Gasteiger partial charge in [0.1, 0.15) is 5.75 Å². The van der Waals surface area contributed by atoms with Crippen LogP contribution in [0, 0.1) is 6.92 Å². The van der Waals surface area contributed by atoms with Crippen LogP contribution in [0.25, 0.3) is 16.9 Å². The molecule has 4 heteroatoms. The van der Waals surface area contributed by atoms with Crippen molar-refractivity contribution in [2.24, 2.45) is 0 Å². The van der Waals surface area contributed by atoms with Crippen molar-refractivity contribution in [1.29, 1.82) is 0 Å². The van der Waals surface area contributed by atoms with E-state index in [0.29, 0.717) is 0 Å². The van der Waals surface area contributed by atoms with Gasteiger partial charge in [-0.2, -0.15) is 0 Å². The van der Waals surface area contributed by atoms with Crippen molar-refractivity contribution in [3.05, 3.63) is 48.3 Å². The quantitative estimate of drug-likeness (QED) is 0.793. The first-order chi connectivity index (χ1) is 10.2. The van der Waals surface area contributed by atoms with Crippen LogP contribution < -0.4 is 10.5 Å². The lowest BCUT2D eigenvalue weighted by molar-refractivity contribution is 0.317. The van der Waals surface area contributed by atoms with Crippen LogP contribution in [0.3, 0.4) is 0 Å². The van der Waals surface area contributed by atoms with E-state index in [9.17, 15) is 0 Å². The molecule has 21 heavy (non-hydrogen) atoms. The predicted octanol–water partition coefficient (Wildman–Crippen LogP) is 3.68. The molecule has 0 aliphatic carbocycles. The molecule has 0 bridgehead atoms. The zero-order valence-electron chi connectivity index (χ0n) is 12.3. The van der Waals surface area contributed by atoms with Gasteiger partial charge in [0.25, 0.3) is 0 Å². The Morgan fingerprint density at radius 3 is 2.67 bits per heavy atom. The Bertz CT molecular complexity index is 760. The standard InChI is InChI=1S/C17H19N3O/c1-3-10-21-14-6-4-13(5-7-14)15-11-20-9-8-12(2)16(18)17(20)19-15/h4-9,11H,3,10,18H2,1-2H3. The number of anilines is 1. The van der Waals surface area contributed by atoms with Crippen molar-refractivity contribution in [1.82, 2.24) is 9.38 Å². The largest absolute Gasteiger partial charge is 0.494 e. The molecule has 0 aliphatic heterocycles. The molecule has 108 valence electrons. The Labute approximate surface area is 124 Å². The van der Waals surface area contributed by atoms with E-state index in [-0.39, 0.29) is 0 Å². The minimum Gasteiger partial charge on any atom is -0.494 e. The summed E-state index contributed by atoms with van der Waals surface area (Å²) in [5.41, 5.74) is 10.6. The summed E-state index contributed by atoms with van der Waals surface area (Å²) >= 11 is 0. The summed E-state index contributed by atoms with van der Waals surface area (Å²) in [7, 11) is 0. The number of fused-ring (bicyclic) bond motifs is 1. The normalized spacial score (nSPS) is 11.0. The van der Waals surface area contributed by atoms with Crippen molar-refractivity contribution in [3.63, 3.8) is 0 Å². The van der Waals surface area contributed by atoms with Gasteiger partial charge in [0, 0.05) is 18.0 Å². The number of rotatable bonds is 4. The van der Waals surface area contributed by atoms with Crippen molar-refractivity contribution in [2.75, 3.05) is 12.3 Å². The van der Waals surface area contributed by atoms with E-state index in [1.165, 1.54) is 0 Å². The minimum atomic E-state index is 0.728. The highest BCUT2D eigenvalue weighted by molar-refractivity contribution is 5.73. The number of hydrogen-bond acceptors (Lipinski definition) is 3. The predicted molar refractivity (Wildman–Crippen MR) is 85.6 cm³/mol. The second-order valence-corrected chi connectivity index (χ2v) is 5.14. The number of hydrogen-bond donors (Lipinski definition) is 1. The number of imidazole rings is 1. The van der Waals surface area contributed by atoms with E-state index in [1.807, 2.05) is 54.0 Å². The highest BCUT2D eigenvalue weighted by Gasteiger charge is 2.08. The van der Waals surface area contributed by atoms with E-state index in [4.69, 9.17) is 10.5 Å². The fourth-order valence-electron chi connectivity index (χ4n) is 2.25. The molecule has 0 amide bonds. The Morgan fingerprint density at radius 2 is 1.95 bits per heavy atom. The first kappa shape index (κ1) is 13.5. The van der Waals surface area contributed by atoms with Gasteiger partial charge in [0.05, 0.1) is 18.0 Å². The van der Waals surface area contributed by atoms with E-state index in [1.54, 1.807) is 0 Å². The number of aryl methyl sites for hydroxylation is 1. The van der Waals surface area contributed by atoms with Gasteiger partial charge in [-0.25, -0.2) is 4.98 Å². The SMILES string of the molecule is CCCOc1ccc(-c2cn3ccc(C)c(N)c3n2)cc1. The molecule has 2 N–H and O–H groups in total. The molecule has 3 aromatic rings. The van der Waals surface area contributed by atoms with E-state index >= 15 is 0 Å². The fraction of sp³-hybridized carbons (Fsp3) is 0.235. The van der Waals surface area contributed by atoms with Crippen molar-refractivity contribution < 1.29 is 4.74 Å². The van der Waals surface area contributed by atoms with Gasteiger partial charge in [-0.15, -0.1) is 0 Å². The second kappa shape index (κ2) is 5.48. The maximum Gasteiger partial charge on any atom is 0.160 e. The van der Waals surface area contributed by atoms with Crippen LogP contribution >= 0.6 is 0 Å². The maximum absolute atomic E-state index is 6.09. The van der Waals surface area contributed by atoms with Crippen molar-refractivity contribution in [2.45, 2.75) is 20.3 Å². The zero-order chi connectivity index (χ0) is 14.8. The highest BCUT2D eigenvalue weighted by atomic mass is 16.5. The molecule has 1 aromatic carbocycles. The summed E-state index contributed by atoms with van der Waals surface area (Å²) in [6.45, 7) is 4.82. The molecule has 3 rings (SSSR count). The summed E-state index contributed by atoms with van der Waals surface area (Å²) < 4.78 is 7.55. The van der Waals surface area contributed by atoms with Gasteiger partial charge in [-0.05, 0) is 49.2 Å². The summed E-state index contributed by atoms with van der Waals surface area (Å²) in [6, 6.07) is 9.99. The number of benzene rings is 1. The van der Waals surface area contributed by atoms with E-state index < -0.39 is 0 Å². The van der Waals surface area contributed by atoms with Crippen LogP contribution in [0.15, 0.2) is 42.7 Å². The molecule has 0 saturated carbocycles. The third-order valence-corrected chi connectivity index (χ3v) is 3.51. The van der Waals surface area contributed by atoms with Gasteiger partial charge in [-0.1, -0.05) is 6.92 Å². The topological polar surface area (TPSA) is 52.5 Å². The molecule has 0 radical (unpaired) electrons. The lowest BCUT2D eigenvalue weighted by atomic mass is 10.2. The number of nitrogens with zero attached hydrogens (tertiary/aromatic N) is 2. The summed E-state index contributed by atoms with van der Waals surface area (Å²) in [5, 5.41) is 0. The highest BCUT2D eigenvalue weighted by Crippen LogP contribution is 2.25. The number of pyridine rings is 1. The van der Waals surface area contributed by atoms with Gasteiger partial charge < -0.3 is 14.9 Å². The molecule has 0 saturated heterocycles. The monoisotopic (exact) mass is 281 g/mol. The molecule has 0 atom stereocenters. The average Bonchev–Trinajstić information content (AvgIpc) is 2.94. The number of aromatic nitrogens is 2. The maximum atomic E-state index is 6.09. The third-order valence-electron chi connectivity index (χ3n) is 3.51. The Morgan fingerprint density at radius 1 is 1.19 bits per heavy atom. The smallest absolute Gasteiger partial charge is 0.160 e. The van der Waals surface area contributed by atoms with Crippen molar-refractivity contribution >= 4 is 11.3 Å². The van der Waals surface area contributed by atoms with Gasteiger partial charge in [0.2, 0.25) is 0 Å². The third kappa shape index (κ3) is 2.57. The average molecular weight is 281 g/mol. The lowest BCUT2D eigenvalue weighted by Crippen LogP contribution is -1.94. The second-order valence-electron chi connectivity index (χ2n) is 5.14. The molecular weight excluding hydrogens is 262 g/mol. The van der Waals surface area contributed by atoms with Crippen LogP contribution in [0.1, 0.15) is 18.9 Å². The summed E-state index contributed by atoms with van der Waals surface area (Å²) in [5.74, 6) is 0.889. The number of nitrogens with two attached hydrogens (primary N) is 1. The molecular formula is C17H19N3O. The first-order valence-electron chi connectivity index (χ1n) is 7.16.